The molecular formula is C57H39N. The summed E-state index contributed by atoms with van der Waals surface area (Å²) in [5.74, 6) is 0. The van der Waals surface area contributed by atoms with E-state index < -0.39 is 5.41 Å². The van der Waals surface area contributed by atoms with E-state index in [9.17, 15) is 0 Å². The van der Waals surface area contributed by atoms with E-state index in [1.807, 2.05) is 0 Å². The molecule has 0 saturated heterocycles. The van der Waals surface area contributed by atoms with Crippen molar-refractivity contribution < 1.29 is 0 Å². The fourth-order valence-corrected chi connectivity index (χ4v) is 9.45. The summed E-state index contributed by atoms with van der Waals surface area (Å²) in [6, 6.07) is 82.0. The molecule has 58 heavy (non-hydrogen) atoms. The van der Waals surface area contributed by atoms with Crippen molar-refractivity contribution >= 4 is 29.2 Å². The Hall–Kier alpha value is -7.48. The normalized spacial score (nSPS) is 12.9. The van der Waals surface area contributed by atoms with Crippen LogP contribution in [0.4, 0.5) is 17.1 Å². The largest absolute Gasteiger partial charge is 0.311 e. The summed E-state index contributed by atoms with van der Waals surface area (Å²) >= 11 is 0. The highest BCUT2D eigenvalue weighted by Crippen LogP contribution is 2.59. The molecule has 0 fully saturated rings. The Labute approximate surface area is 340 Å². The molecule has 2 aliphatic carbocycles. The average molecular weight is 738 g/mol. The molecule has 0 bridgehead atoms. The zero-order valence-electron chi connectivity index (χ0n) is 32.0. The zero-order chi connectivity index (χ0) is 38.5. The Morgan fingerprint density at radius 1 is 0.259 bits per heavy atom. The topological polar surface area (TPSA) is 3.24 Å². The van der Waals surface area contributed by atoms with E-state index in [1.54, 1.807) is 0 Å². The van der Waals surface area contributed by atoms with E-state index in [-0.39, 0.29) is 0 Å². The van der Waals surface area contributed by atoms with Gasteiger partial charge in [0.2, 0.25) is 0 Å². The van der Waals surface area contributed by atoms with Gasteiger partial charge in [-0.3, -0.25) is 0 Å². The summed E-state index contributed by atoms with van der Waals surface area (Å²) < 4.78 is 0. The Balaban J connectivity index is 0.958. The molecule has 1 heteroatoms. The van der Waals surface area contributed by atoms with Crippen LogP contribution in [0.15, 0.2) is 224 Å². The van der Waals surface area contributed by atoms with Crippen LogP contribution in [0.1, 0.15) is 33.4 Å². The molecule has 0 radical (unpaired) electrons. The third-order valence-electron chi connectivity index (χ3n) is 12.1. The first-order valence-corrected chi connectivity index (χ1v) is 20.1. The van der Waals surface area contributed by atoms with Crippen molar-refractivity contribution in [2.45, 2.75) is 5.41 Å². The molecule has 2 aliphatic rings. The fourth-order valence-electron chi connectivity index (χ4n) is 9.45. The van der Waals surface area contributed by atoms with Gasteiger partial charge < -0.3 is 4.90 Å². The van der Waals surface area contributed by atoms with Crippen molar-refractivity contribution in [3.8, 4) is 44.5 Å². The standard InChI is InChI=1S/C57H39N/c1-3-13-40(14-4-1)41-23-25-42(26-24-41)43-29-34-49(35-30-43)58(48-17-5-2-6-18-48)50-36-31-44(32-37-50)47-33-38-56-52(39-47)51-19-9-12-22-55(51)57(56)53-20-10-7-15-45(53)27-28-46-16-8-11-21-54(46)57/h1-39H. The third-order valence-corrected chi connectivity index (χ3v) is 12.1. The molecule has 0 atom stereocenters. The van der Waals surface area contributed by atoms with E-state index in [2.05, 4.69) is 242 Å². The molecule has 9 aromatic rings. The van der Waals surface area contributed by atoms with E-state index in [4.69, 9.17) is 0 Å². The quantitative estimate of drug-likeness (QED) is 0.164. The fraction of sp³-hybridized carbons (Fsp3) is 0.0175. The van der Waals surface area contributed by atoms with Crippen LogP contribution in [0.5, 0.6) is 0 Å². The Morgan fingerprint density at radius 3 is 1.21 bits per heavy atom. The smallest absolute Gasteiger partial charge is 0.0725 e. The first kappa shape index (κ1) is 33.8. The maximum atomic E-state index is 2.42. The number of hydrogen-bond acceptors (Lipinski definition) is 1. The van der Waals surface area contributed by atoms with Crippen molar-refractivity contribution in [2.75, 3.05) is 4.90 Å². The lowest BCUT2D eigenvalue weighted by Gasteiger charge is -2.35. The molecule has 0 N–H and O–H groups in total. The Kier molecular flexibility index (Phi) is 8.12. The number of fused-ring (bicyclic) bond motifs is 9. The minimum absolute atomic E-state index is 0.414. The summed E-state index contributed by atoms with van der Waals surface area (Å²) in [4.78, 5) is 2.34. The lowest BCUT2D eigenvalue weighted by atomic mass is 9.66. The van der Waals surface area contributed by atoms with Crippen LogP contribution >= 0.6 is 0 Å². The van der Waals surface area contributed by atoms with Gasteiger partial charge in [0.1, 0.15) is 0 Å². The predicted molar refractivity (Wildman–Crippen MR) is 244 cm³/mol. The van der Waals surface area contributed by atoms with Crippen LogP contribution in [0.2, 0.25) is 0 Å². The minimum Gasteiger partial charge on any atom is -0.311 e. The second-order valence-electron chi connectivity index (χ2n) is 15.3. The minimum atomic E-state index is -0.414. The summed E-state index contributed by atoms with van der Waals surface area (Å²) in [6.07, 6.45) is 4.58. The second kappa shape index (κ2) is 13.9. The van der Waals surface area contributed by atoms with E-state index in [0.717, 1.165) is 17.1 Å². The summed E-state index contributed by atoms with van der Waals surface area (Å²) in [6.45, 7) is 0. The number of rotatable bonds is 6. The van der Waals surface area contributed by atoms with Gasteiger partial charge in [0, 0.05) is 17.1 Å². The highest BCUT2D eigenvalue weighted by Gasteiger charge is 2.48. The molecule has 1 nitrogen and oxygen atoms in total. The second-order valence-corrected chi connectivity index (χ2v) is 15.3. The Morgan fingerprint density at radius 2 is 0.638 bits per heavy atom. The highest BCUT2D eigenvalue weighted by atomic mass is 15.1. The molecule has 11 rings (SSSR count). The summed E-state index contributed by atoms with van der Waals surface area (Å²) in [5.41, 5.74) is 20.6. The maximum Gasteiger partial charge on any atom is 0.0725 e. The van der Waals surface area contributed by atoms with Gasteiger partial charge in [0.05, 0.1) is 5.41 Å². The Bertz CT molecular complexity index is 2910. The van der Waals surface area contributed by atoms with Crippen molar-refractivity contribution in [1.82, 2.24) is 0 Å². The lowest BCUT2D eigenvalue weighted by molar-refractivity contribution is 0.766. The number of hydrogen-bond donors (Lipinski definition) is 0. The molecule has 1 spiro atoms. The van der Waals surface area contributed by atoms with Crippen molar-refractivity contribution in [2.24, 2.45) is 0 Å². The van der Waals surface area contributed by atoms with Crippen molar-refractivity contribution in [3.05, 3.63) is 258 Å². The highest BCUT2D eigenvalue weighted by molar-refractivity contribution is 5.93. The molecule has 0 aliphatic heterocycles. The van der Waals surface area contributed by atoms with Crippen LogP contribution < -0.4 is 4.90 Å². The first-order chi connectivity index (χ1) is 28.8. The van der Waals surface area contributed by atoms with Gasteiger partial charge >= 0.3 is 0 Å². The van der Waals surface area contributed by atoms with Gasteiger partial charge in [0.15, 0.2) is 0 Å². The van der Waals surface area contributed by atoms with Crippen LogP contribution in [0, 0.1) is 0 Å². The molecule has 0 aromatic heterocycles. The summed E-state index contributed by atoms with van der Waals surface area (Å²) in [7, 11) is 0. The van der Waals surface area contributed by atoms with Gasteiger partial charge in [-0.15, -0.1) is 0 Å². The molecular weight excluding hydrogens is 699 g/mol. The molecule has 0 heterocycles. The van der Waals surface area contributed by atoms with Crippen LogP contribution in [-0.2, 0) is 5.41 Å². The van der Waals surface area contributed by atoms with E-state index in [1.165, 1.54) is 77.9 Å². The molecule has 272 valence electrons. The van der Waals surface area contributed by atoms with Crippen LogP contribution in [0.3, 0.4) is 0 Å². The van der Waals surface area contributed by atoms with Crippen molar-refractivity contribution in [1.29, 1.82) is 0 Å². The first-order valence-electron chi connectivity index (χ1n) is 20.1. The number of nitrogens with zero attached hydrogens (tertiary/aromatic N) is 1. The number of benzene rings is 9. The SMILES string of the molecule is C1=Cc2ccccc2C2(c3ccccc31)c1ccccc1-c1cc(-c3ccc(N(c4ccccc4)c4ccc(-c5ccc(-c6ccccc6)cc5)cc4)cc3)ccc12. The van der Waals surface area contributed by atoms with Crippen molar-refractivity contribution in [3.63, 3.8) is 0 Å². The molecule has 0 unspecified atom stereocenters. The van der Waals surface area contributed by atoms with Gasteiger partial charge in [-0.05, 0) is 120 Å². The van der Waals surface area contributed by atoms with Gasteiger partial charge in [-0.25, -0.2) is 0 Å². The van der Waals surface area contributed by atoms with Gasteiger partial charge in [-0.1, -0.05) is 194 Å². The molecule has 9 aromatic carbocycles. The van der Waals surface area contributed by atoms with Crippen LogP contribution in [0.25, 0.3) is 56.7 Å². The monoisotopic (exact) mass is 737 g/mol. The lowest BCUT2D eigenvalue weighted by Crippen LogP contribution is -2.29. The van der Waals surface area contributed by atoms with E-state index >= 15 is 0 Å². The van der Waals surface area contributed by atoms with Gasteiger partial charge in [0.25, 0.3) is 0 Å². The maximum absolute atomic E-state index is 2.42. The van der Waals surface area contributed by atoms with E-state index in [0.29, 0.717) is 0 Å². The average Bonchev–Trinajstić information content (AvgIpc) is 3.50. The number of anilines is 3. The number of para-hydroxylation sites is 1. The molecule has 0 saturated carbocycles. The van der Waals surface area contributed by atoms with Crippen LogP contribution in [-0.4, -0.2) is 0 Å². The predicted octanol–water partition coefficient (Wildman–Crippen LogP) is 15.0. The van der Waals surface area contributed by atoms with Gasteiger partial charge in [-0.2, -0.15) is 0 Å². The zero-order valence-corrected chi connectivity index (χ0v) is 32.0. The third kappa shape index (κ3) is 5.47. The summed E-state index contributed by atoms with van der Waals surface area (Å²) in [5, 5.41) is 0. The molecule has 0 amide bonds.